The third-order valence-corrected chi connectivity index (χ3v) is 12.0. The quantitative estimate of drug-likeness (QED) is 0.0262. The van der Waals surface area contributed by atoms with E-state index in [9.17, 15) is 30.3 Å². The van der Waals surface area contributed by atoms with Gasteiger partial charge in [0.25, 0.3) is 0 Å². The lowest BCUT2D eigenvalue weighted by Crippen LogP contribution is -2.60. The number of unbranched alkanes of at least 4 members (excludes halogenated alkanes) is 21. The van der Waals surface area contributed by atoms with Gasteiger partial charge in [-0.1, -0.05) is 214 Å². The van der Waals surface area contributed by atoms with Crippen molar-refractivity contribution in [1.29, 1.82) is 0 Å². The summed E-state index contributed by atoms with van der Waals surface area (Å²) in [5.74, 6) is -0.189. The van der Waals surface area contributed by atoms with Crippen LogP contribution in [0.4, 0.5) is 0 Å². The molecule has 1 fully saturated rings. The summed E-state index contributed by atoms with van der Waals surface area (Å²) in [6.07, 6.45) is 56.2. The summed E-state index contributed by atoms with van der Waals surface area (Å²) >= 11 is 0. The Morgan fingerprint density at radius 3 is 1.42 bits per heavy atom. The number of aliphatic hydroxyl groups is 5. The fourth-order valence-electron chi connectivity index (χ4n) is 7.81. The molecule has 1 rings (SSSR count). The van der Waals surface area contributed by atoms with E-state index in [1.807, 2.05) is 6.08 Å². The molecular weight excluding hydrogens is 815 g/mol. The van der Waals surface area contributed by atoms with Crippen molar-refractivity contribution in [2.75, 3.05) is 13.2 Å². The second-order valence-electron chi connectivity index (χ2n) is 17.9. The maximum Gasteiger partial charge on any atom is 0.220 e. The summed E-state index contributed by atoms with van der Waals surface area (Å²) < 4.78 is 11.2. The Bertz CT molecular complexity index is 1290. The van der Waals surface area contributed by atoms with E-state index in [1.54, 1.807) is 6.08 Å². The first-order chi connectivity index (χ1) is 31.8. The second-order valence-corrected chi connectivity index (χ2v) is 17.9. The van der Waals surface area contributed by atoms with E-state index < -0.39 is 49.5 Å². The predicted octanol–water partition coefficient (Wildman–Crippen LogP) is 12.3. The molecule has 0 saturated carbocycles. The van der Waals surface area contributed by atoms with Gasteiger partial charge < -0.3 is 40.3 Å². The largest absolute Gasteiger partial charge is 0.394 e. The van der Waals surface area contributed by atoms with Crippen LogP contribution in [0.3, 0.4) is 0 Å². The van der Waals surface area contributed by atoms with Crippen LogP contribution in [0, 0.1) is 0 Å². The van der Waals surface area contributed by atoms with E-state index in [-0.39, 0.29) is 12.5 Å². The minimum Gasteiger partial charge on any atom is -0.394 e. The fourth-order valence-corrected chi connectivity index (χ4v) is 7.81. The number of carbonyl (C=O) groups excluding carboxylic acids is 1. The molecule has 1 aliphatic rings. The summed E-state index contributed by atoms with van der Waals surface area (Å²) in [7, 11) is 0. The molecule has 1 heterocycles. The number of hydrogen-bond donors (Lipinski definition) is 6. The lowest BCUT2D eigenvalue weighted by Gasteiger charge is -2.40. The number of aliphatic hydroxyl groups excluding tert-OH is 5. The molecule has 7 unspecified atom stereocenters. The van der Waals surface area contributed by atoms with Crippen LogP contribution in [0.1, 0.15) is 206 Å². The minimum absolute atomic E-state index is 0.189. The van der Waals surface area contributed by atoms with Crippen LogP contribution in [0.2, 0.25) is 0 Å². The topological polar surface area (TPSA) is 149 Å². The van der Waals surface area contributed by atoms with E-state index in [4.69, 9.17) is 9.47 Å². The Morgan fingerprint density at radius 2 is 0.954 bits per heavy atom. The van der Waals surface area contributed by atoms with E-state index in [0.717, 1.165) is 89.9 Å². The number of hydrogen-bond acceptors (Lipinski definition) is 8. The first-order valence-electron chi connectivity index (χ1n) is 26.3. The molecule has 9 heteroatoms. The first-order valence-corrected chi connectivity index (χ1v) is 26.3. The van der Waals surface area contributed by atoms with E-state index in [2.05, 4.69) is 92.1 Å². The van der Waals surface area contributed by atoms with Crippen LogP contribution in [-0.2, 0) is 14.3 Å². The molecular formula is C56H97NO8. The van der Waals surface area contributed by atoms with Gasteiger partial charge >= 0.3 is 0 Å². The summed E-state index contributed by atoms with van der Waals surface area (Å²) in [5.41, 5.74) is 0. The van der Waals surface area contributed by atoms with Crippen molar-refractivity contribution in [3.05, 3.63) is 85.1 Å². The van der Waals surface area contributed by atoms with Crippen molar-refractivity contribution >= 4 is 5.91 Å². The van der Waals surface area contributed by atoms with Crippen LogP contribution < -0.4 is 5.32 Å². The van der Waals surface area contributed by atoms with Crippen molar-refractivity contribution in [3.63, 3.8) is 0 Å². The lowest BCUT2D eigenvalue weighted by atomic mass is 9.99. The summed E-state index contributed by atoms with van der Waals surface area (Å²) in [6, 6.07) is -0.814. The molecule has 374 valence electrons. The van der Waals surface area contributed by atoms with Crippen molar-refractivity contribution in [2.45, 2.75) is 249 Å². The summed E-state index contributed by atoms with van der Waals surface area (Å²) in [4.78, 5) is 13.0. The van der Waals surface area contributed by atoms with Gasteiger partial charge in [0.15, 0.2) is 6.29 Å². The smallest absolute Gasteiger partial charge is 0.220 e. The lowest BCUT2D eigenvalue weighted by molar-refractivity contribution is -0.302. The Balaban J connectivity index is 2.27. The van der Waals surface area contributed by atoms with E-state index in [1.165, 1.54) is 96.3 Å². The van der Waals surface area contributed by atoms with Gasteiger partial charge in [-0.2, -0.15) is 0 Å². The summed E-state index contributed by atoms with van der Waals surface area (Å²) in [5, 5.41) is 54.4. The highest BCUT2D eigenvalue weighted by molar-refractivity contribution is 5.76. The molecule has 9 nitrogen and oxygen atoms in total. The monoisotopic (exact) mass is 912 g/mol. The molecule has 6 N–H and O–H groups in total. The molecule has 1 amide bonds. The van der Waals surface area contributed by atoms with Gasteiger partial charge in [0.1, 0.15) is 24.4 Å². The zero-order valence-electron chi connectivity index (χ0n) is 41.2. The Labute approximate surface area is 397 Å². The van der Waals surface area contributed by atoms with Gasteiger partial charge in [-0.25, -0.2) is 0 Å². The number of rotatable bonds is 43. The standard InChI is InChI=1S/C56H97NO8/c1-3-5-7-9-11-13-15-17-19-20-21-22-23-24-25-26-27-28-29-30-32-34-36-38-40-42-44-46-52(60)57-49(48-64-56-55(63)54(62)53(61)51(47-58)65-56)50(59)45-43-41-39-37-35-33-31-18-16-14-12-10-8-6-4-2/h5,7,11,13,17,19,21-22,24-25,27-28,43,45,49-51,53-56,58-59,61-63H,3-4,6,8-10,12,14-16,18,20,23,26,29-42,44,46-48H2,1-2H3,(H,57,60)/b7-5-,13-11-,19-17-,22-21-,25-24-,28-27-,45-43+. The zero-order valence-corrected chi connectivity index (χ0v) is 41.2. The van der Waals surface area contributed by atoms with Crippen LogP contribution in [0.15, 0.2) is 85.1 Å². The van der Waals surface area contributed by atoms with Crippen molar-refractivity contribution in [2.24, 2.45) is 0 Å². The highest BCUT2D eigenvalue weighted by Gasteiger charge is 2.44. The molecule has 1 aliphatic heterocycles. The second kappa shape index (κ2) is 45.2. The molecule has 0 radical (unpaired) electrons. The van der Waals surface area contributed by atoms with Crippen molar-refractivity contribution in [3.8, 4) is 0 Å². The van der Waals surface area contributed by atoms with Crippen LogP contribution in [0.25, 0.3) is 0 Å². The maximum atomic E-state index is 13.0. The Hall–Kier alpha value is -2.63. The van der Waals surface area contributed by atoms with Gasteiger partial charge in [0, 0.05) is 6.42 Å². The third kappa shape index (κ3) is 35.2. The van der Waals surface area contributed by atoms with Crippen LogP contribution in [0.5, 0.6) is 0 Å². The van der Waals surface area contributed by atoms with Crippen LogP contribution >= 0.6 is 0 Å². The SMILES string of the molecule is CC/C=C\C/C=C\C/C=C\C/C=C\C/C=C\C/C=C\CCCCCCCCCCC(=O)NC(COC1OC(CO)C(O)C(O)C1O)C(O)/C=C/CCCCCCCCCCCCCCC. The molecule has 65 heavy (non-hydrogen) atoms. The Morgan fingerprint density at radius 1 is 0.538 bits per heavy atom. The molecule has 0 aliphatic carbocycles. The van der Waals surface area contributed by atoms with Crippen molar-refractivity contribution in [1.82, 2.24) is 5.32 Å². The Kier molecular flexibility index (Phi) is 42.0. The molecule has 1 saturated heterocycles. The third-order valence-electron chi connectivity index (χ3n) is 12.0. The molecule has 7 atom stereocenters. The van der Waals surface area contributed by atoms with Gasteiger partial charge in [-0.3, -0.25) is 4.79 Å². The average molecular weight is 912 g/mol. The molecule has 0 aromatic rings. The summed E-state index contributed by atoms with van der Waals surface area (Å²) in [6.45, 7) is 3.65. The first kappa shape index (κ1) is 60.4. The van der Waals surface area contributed by atoms with Gasteiger partial charge in [0.2, 0.25) is 5.91 Å². The number of ether oxygens (including phenoxy) is 2. The maximum absolute atomic E-state index is 13.0. The van der Waals surface area contributed by atoms with Gasteiger partial charge in [-0.05, 0) is 70.6 Å². The van der Waals surface area contributed by atoms with E-state index >= 15 is 0 Å². The molecule has 0 spiro atoms. The number of carbonyl (C=O) groups is 1. The highest BCUT2D eigenvalue weighted by Crippen LogP contribution is 2.23. The van der Waals surface area contributed by atoms with Gasteiger partial charge in [-0.15, -0.1) is 0 Å². The molecule has 0 bridgehead atoms. The predicted molar refractivity (Wildman–Crippen MR) is 271 cm³/mol. The van der Waals surface area contributed by atoms with Crippen molar-refractivity contribution < 1.29 is 39.8 Å². The van der Waals surface area contributed by atoms with Crippen LogP contribution in [-0.4, -0.2) is 87.5 Å². The molecule has 0 aromatic carbocycles. The number of amides is 1. The van der Waals surface area contributed by atoms with E-state index in [0.29, 0.717) is 6.42 Å². The normalized spacial score (nSPS) is 20.6. The fraction of sp³-hybridized carbons (Fsp3) is 0.732. The zero-order chi connectivity index (χ0) is 47.3. The number of allylic oxidation sites excluding steroid dienone is 13. The van der Waals surface area contributed by atoms with Gasteiger partial charge in [0.05, 0.1) is 25.4 Å². The number of nitrogens with one attached hydrogen (secondary N) is 1. The highest BCUT2D eigenvalue weighted by atomic mass is 16.7. The minimum atomic E-state index is -1.57. The average Bonchev–Trinajstić information content (AvgIpc) is 3.31. The molecule has 0 aromatic heterocycles.